The van der Waals surface area contributed by atoms with E-state index in [0.717, 1.165) is 11.1 Å². The molecule has 2 aromatic rings. The highest BCUT2D eigenvalue weighted by atomic mass is 35.5. The Morgan fingerprint density at radius 2 is 1.50 bits per heavy atom. The van der Waals surface area contributed by atoms with E-state index in [1.54, 1.807) is 0 Å². The predicted octanol–water partition coefficient (Wildman–Crippen LogP) is 3.89. The van der Waals surface area contributed by atoms with Crippen LogP contribution in [-0.4, -0.2) is 11.8 Å². The van der Waals surface area contributed by atoms with Crippen molar-refractivity contribution in [3.63, 3.8) is 0 Å². The number of halogens is 1. The molecule has 1 amide bonds. The summed E-state index contributed by atoms with van der Waals surface area (Å²) in [5, 5.41) is 3.01. The minimum atomic E-state index is -0.189. The Balaban J connectivity index is 2.06. The number of hydrogen-bond acceptors (Lipinski definition) is 1. The SMILES string of the molecule is CC(C(=O)NC(CCl)c1ccccc1)c1ccccc1. The molecule has 0 saturated carbocycles. The topological polar surface area (TPSA) is 29.1 Å². The summed E-state index contributed by atoms with van der Waals surface area (Å²) in [7, 11) is 0. The molecule has 0 spiro atoms. The third-order valence-electron chi connectivity index (χ3n) is 3.37. The minimum absolute atomic E-state index is 0.00861. The fraction of sp³-hybridized carbons (Fsp3) is 0.235. The van der Waals surface area contributed by atoms with Crippen molar-refractivity contribution in [1.29, 1.82) is 0 Å². The molecule has 2 atom stereocenters. The van der Waals surface area contributed by atoms with Crippen LogP contribution in [0, 0.1) is 0 Å². The Labute approximate surface area is 124 Å². The van der Waals surface area contributed by atoms with E-state index >= 15 is 0 Å². The molecular weight excluding hydrogens is 270 g/mol. The van der Waals surface area contributed by atoms with E-state index in [0.29, 0.717) is 5.88 Å². The van der Waals surface area contributed by atoms with Gasteiger partial charge in [0.1, 0.15) is 0 Å². The minimum Gasteiger partial charge on any atom is -0.348 e. The van der Waals surface area contributed by atoms with E-state index in [1.165, 1.54) is 0 Å². The van der Waals surface area contributed by atoms with Gasteiger partial charge in [0.25, 0.3) is 0 Å². The number of amides is 1. The standard InChI is InChI=1S/C17H18ClNO/c1-13(14-8-4-2-5-9-14)17(20)19-16(12-18)15-10-6-3-7-11-15/h2-11,13,16H,12H2,1H3,(H,19,20). The smallest absolute Gasteiger partial charge is 0.227 e. The van der Waals surface area contributed by atoms with Gasteiger partial charge in [-0.25, -0.2) is 0 Å². The van der Waals surface area contributed by atoms with Crippen LogP contribution in [0.25, 0.3) is 0 Å². The van der Waals surface area contributed by atoms with Gasteiger partial charge in [0.05, 0.1) is 12.0 Å². The third kappa shape index (κ3) is 3.61. The molecule has 0 aliphatic carbocycles. The van der Waals surface area contributed by atoms with Gasteiger partial charge in [-0.1, -0.05) is 60.7 Å². The molecule has 0 saturated heterocycles. The van der Waals surface area contributed by atoms with Crippen LogP contribution in [0.5, 0.6) is 0 Å². The number of alkyl halides is 1. The quantitative estimate of drug-likeness (QED) is 0.831. The highest BCUT2D eigenvalue weighted by molar-refractivity contribution is 6.18. The van der Waals surface area contributed by atoms with E-state index < -0.39 is 0 Å². The number of carbonyl (C=O) groups excluding carboxylic acids is 1. The largest absolute Gasteiger partial charge is 0.348 e. The second kappa shape index (κ2) is 7.11. The molecule has 0 aliphatic rings. The molecule has 0 radical (unpaired) electrons. The molecule has 104 valence electrons. The third-order valence-corrected chi connectivity index (χ3v) is 3.67. The van der Waals surface area contributed by atoms with Gasteiger partial charge in [0.2, 0.25) is 5.91 Å². The summed E-state index contributed by atoms with van der Waals surface area (Å²) in [5.41, 5.74) is 2.03. The highest BCUT2D eigenvalue weighted by Crippen LogP contribution is 2.19. The van der Waals surface area contributed by atoms with E-state index in [4.69, 9.17) is 11.6 Å². The Morgan fingerprint density at radius 1 is 1.00 bits per heavy atom. The Morgan fingerprint density at radius 3 is 2.00 bits per heavy atom. The first-order chi connectivity index (χ1) is 9.72. The van der Waals surface area contributed by atoms with Crippen LogP contribution in [0.2, 0.25) is 0 Å². The van der Waals surface area contributed by atoms with Gasteiger partial charge in [-0.15, -0.1) is 11.6 Å². The van der Waals surface area contributed by atoms with Crippen molar-refractivity contribution in [2.75, 3.05) is 5.88 Å². The van der Waals surface area contributed by atoms with Crippen molar-refractivity contribution >= 4 is 17.5 Å². The van der Waals surface area contributed by atoms with E-state index in [1.807, 2.05) is 67.6 Å². The summed E-state index contributed by atoms with van der Waals surface area (Å²) in [6.07, 6.45) is 0. The zero-order chi connectivity index (χ0) is 14.4. The van der Waals surface area contributed by atoms with E-state index in [2.05, 4.69) is 5.32 Å². The zero-order valence-electron chi connectivity index (χ0n) is 11.4. The number of carbonyl (C=O) groups is 1. The van der Waals surface area contributed by atoms with Crippen molar-refractivity contribution < 1.29 is 4.79 Å². The Hall–Kier alpha value is -1.80. The molecule has 0 aromatic heterocycles. The van der Waals surface area contributed by atoms with E-state index in [9.17, 15) is 4.79 Å². The van der Waals surface area contributed by atoms with Gasteiger partial charge >= 0.3 is 0 Å². The Kier molecular flexibility index (Phi) is 5.19. The van der Waals surface area contributed by atoms with Crippen LogP contribution in [0.15, 0.2) is 60.7 Å². The van der Waals surface area contributed by atoms with Crippen molar-refractivity contribution in [3.8, 4) is 0 Å². The maximum absolute atomic E-state index is 12.3. The molecular formula is C17H18ClNO. The summed E-state index contributed by atoms with van der Waals surface area (Å²) in [6, 6.07) is 19.4. The van der Waals surface area contributed by atoms with Gasteiger partial charge in [0.15, 0.2) is 0 Å². The first-order valence-electron chi connectivity index (χ1n) is 6.68. The second-order valence-corrected chi connectivity index (χ2v) is 5.07. The Bertz CT molecular complexity index is 541. The monoisotopic (exact) mass is 287 g/mol. The number of hydrogen-bond donors (Lipinski definition) is 1. The van der Waals surface area contributed by atoms with Crippen LogP contribution < -0.4 is 5.32 Å². The molecule has 20 heavy (non-hydrogen) atoms. The molecule has 0 heterocycles. The van der Waals surface area contributed by atoms with Crippen molar-refractivity contribution in [3.05, 3.63) is 71.8 Å². The van der Waals surface area contributed by atoms with Gasteiger partial charge < -0.3 is 5.32 Å². The summed E-state index contributed by atoms with van der Waals surface area (Å²) >= 11 is 5.98. The van der Waals surface area contributed by atoms with Crippen LogP contribution in [0.4, 0.5) is 0 Å². The van der Waals surface area contributed by atoms with Crippen molar-refractivity contribution in [2.45, 2.75) is 18.9 Å². The van der Waals surface area contributed by atoms with Crippen LogP contribution in [0.3, 0.4) is 0 Å². The number of benzene rings is 2. The zero-order valence-corrected chi connectivity index (χ0v) is 12.2. The molecule has 2 nitrogen and oxygen atoms in total. The van der Waals surface area contributed by atoms with E-state index in [-0.39, 0.29) is 17.9 Å². The summed E-state index contributed by atoms with van der Waals surface area (Å²) in [6.45, 7) is 1.90. The number of rotatable bonds is 5. The van der Waals surface area contributed by atoms with Gasteiger partial charge in [-0.05, 0) is 18.1 Å². The molecule has 3 heteroatoms. The molecule has 2 rings (SSSR count). The summed E-state index contributed by atoms with van der Waals surface area (Å²) in [4.78, 5) is 12.3. The summed E-state index contributed by atoms with van der Waals surface area (Å²) < 4.78 is 0. The molecule has 0 fully saturated rings. The predicted molar refractivity (Wildman–Crippen MR) is 82.9 cm³/mol. The lowest BCUT2D eigenvalue weighted by Crippen LogP contribution is -2.32. The van der Waals surface area contributed by atoms with Crippen molar-refractivity contribution in [1.82, 2.24) is 5.32 Å². The fourth-order valence-electron chi connectivity index (χ4n) is 2.09. The molecule has 2 unspecified atom stereocenters. The average Bonchev–Trinajstić information content (AvgIpc) is 2.53. The van der Waals surface area contributed by atoms with Gasteiger partial charge in [-0.3, -0.25) is 4.79 Å². The fourth-order valence-corrected chi connectivity index (χ4v) is 2.34. The van der Waals surface area contributed by atoms with Gasteiger partial charge in [0, 0.05) is 5.88 Å². The normalized spacial score (nSPS) is 13.5. The lowest BCUT2D eigenvalue weighted by Gasteiger charge is -2.19. The first kappa shape index (κ1) is 14.6. The maximum Gasteiger partial charge on any atom is 0.227 e. The first-order valence-corrected chi connectivity index (χ1v) is 7.22. The highest BCUT2D eigenvalue weighted by Gasteiger charge is 2.19. The summed E-state index contributed by atoms with van der Waals surface area (Å²) in [5.74, 6) is 0.161. The lowest BCUT2D eigenvalue weighted by molar-refractivity contribution is -0.122. The van der Waals surface area contributed by atoms with Crippen LogP contribution in [0.1, 0.15) is 30.0 Å². The second-order valence-electron chi connectivity index (χ2n) is 4.76. The van der Waals surface area contributed by atoms with Crippen LogP contribution >= 0.6 is 11.6 Å². The number of nitrogens with one attached hydrogen (secondary N) is 1. The van der Waals surface area contributed by atoms with Gasteiger partial charge in [-0.2, -0.15) is 0 Å². The lowest BCUT2D eigenvalue weighted by atomic mass is 9.99. The average molecular weight is 288 g/mol. The molecule has 2 aromatic carbocycles. The maximum atomic E-state index is 12.3. The molecule has 1 N–H and O–H groups in total. The van der Waals surface area contributed by atoms with Crippen molar-refractivity contribution in [2.24, 2.45) is 0 Å². The van der Waals surface area contributed by atoms with Crippen LogP contribution in [-0.2, 0) is 4.79 Å². The molecule has 0 bridgehead atoms. The molecule has 0 aliphatic heterocycles.